The highest BCUT2D eigenvalue weighted by Crippen LogP contribution is 2.24. The fourth-order valence-corrected chi connectivity index (χ4v) is 1.86. The summed E-state index contributed by atoms with van der Waals surface area (Å²) in [5.41, 5.74) is 2.15. The van der Waals surface area contributed by atoms with Crippen LogP contribution in [0.2, 0.25) is 0 Å². The number of fused-ring (bicyclic) bond motifs is 1. The summed E-state index contributed by atoms with van der Waals surface area (Å²) in [5.74, 6) is 0. The molecule has 1 N–H and O–H groups in total. The Bertz CT molecular complexity index is 535. The Morgan fingerprint density at radius 1 is 1.12 bits per heavy atom. The minimum absolute atomic E-state index is 0.923. The van der Waals surface area contributed by atoms with Crippen LogP contribution in [0.25, 0.3) is 10.8 Å². The smallest absolute Gasteiger partial charge is 0.0461 e. The van der Waals surface area contributed by atoms with E-state index in [0.29, 0.717) is 0 Å². The number of rotatable bonds is 5. The third-order valence-electron chi connectivity index (χ3n) is 2.75. The number of hydrogen-bond donors (Lipinski definition) is 1. The summed E-state index contributed by atoms with van der Waals surface area (Å²) in [4.78, 5) is 0. The maximum absolute atomic E-state index is 4.04. The van der Waals surface area contributed by atoms with Crippen LogP contribution < -0.4 is 5.32 Å². The van der Waals surface area contributed by atoms with E-state index in [1.165, 1.54) is 10.8 Å². The first kappa shape index (κ1) is 11.5. The van der Waals surface area contributed by atoms with Crippen molar-refractivity contribution in [3.8, 4) is 0 Å². The van der Waals surface area contributed by atoms with Crippen molar-refractivity contribution in [1.82, 2.24) is 0 Å². The van der Waals surface area contributed by atoms with Crippen molar-refractivity contribution in [3.05, 3.63) is 67.4 Å². The Balaban J connectivity index is 2.23. The van der Waals surface area contributed by atoms with E-state index in [-0.39, 0.29) is 0 Å². The van der Waals surface area contributed by atoms with Crippen molar-refractivity contribution in [2.24, 2.45) is 0 Å². The minimum Gasteiger partial charge on any atom is -0.359 e. The average molecular weight is 223 g/mol. The van der Waals surface area contributed by atoms with Gasteiger partial charge >= 0.3 is 0 Å². The highest BCUT2D eigenvalue weighted by molar-refractivity contribution is 5.94. The molecule has 17 heavy (non-hydrogen) atoms. The number of hydrogen-bond acceptors (Lipinski definition) is 1. The average Bonchev–Trinajstić information content (AvgIpc) is 2.37. The summed E-state index contributed by atoms with van der Waals surface area (Å²) in [5, 5.41) is 5.85. The third-order valence-corrected chi connectivity index (χ3v) is 2.75. The molecule has 1 nitrogen and oxygen atoms in total. The maximum atomic E-state index is 4.04. The quantitative estimate of drug-likeness (QED) is 0.722. The molecule has 0 aromatic heterocycles. The van der Waals surface area contributed by atoms with E-state index in [1.54, 1.807) is 0 Å². The normalized spacial score (nSPS) is 10.1. The van der Waals surface area contributed by atoms with Gasteiger partial charge in [-0.05, 0) is 24.3 Å². The molecule has 0 aliphatic rings. The second kappa shape index (κ2) is 5.35. The molecule has 0 amide bonds. The predicted molar refractivity (Wildman–Crippen MR) is 76.1 cm³/mol. The second-order valence-electron chi connectivity index (χ2n) is 4.08. The summed E-state index contributed by atoms with van der Waals surface area (Å²) in [6.45, 7) is 7.76. The van der Waals surface area contributed by atoms with Gasteiger partial charge in [-0.3, -0.25) is 0 Å². The van der Waals surface area contributed by atoms with Crippen molar-refractivity contribution >= 4 is 16.5 Å². The fraction of sp³-hybridized carbons (Fsp3) is 0.125. The monoisotopic (exact) mass is 223 g/mol. The van der Waals surface area contributed by atoms with Gasteiger partial charge in [0.05, 0.1) is 0 Å². The van der Waals surface area contributed by atoms with Crippen LogP contribution in [0.15, 0.2) is 67.4 Å². The molecule has 0 saturated carbocycles. The van der Waals surface area contributed by atoms with E-state index in [4.69, 9.17) is 0 Å². The Kier molecular flexibility index (Phi) is 3.61. The van der Waals surface area contributed by atoms with Crippen LogP contribution in [-0.4, -0.2) is 0 Å². The molecule has 0 spiro atoms. The van der Waals surface area contributed by atoms with Crippen LogP contribution in [0.3, 0.4) is 0 Å². The lowest BCUT2D eigenvalue weighted by Crippen LogP contribution is -1.98. The van der Waals surface area contributed by atoms with Crippen LogP contribution in [0.1, 0.15) is 12.8 Å². The van der Waals surface area contributed by atoms with Crippen LogP contribution in [0, 0.1) is 0 Å². The summed E-state index contributed by atoms with van der Waals surface area (Å²) < 4.78 is 0. The summed E-state index contributed by atoms with van der Waals surface area (Å²) in [7, 11) is 0. The summed E-state index contributed by atoms with van der Waals surface area (Å²) in [6, 6.07) is 14.6. The van der Waals surface area contributed by atoms with Gasteiger partial charge in [-0.15, -0.1) is 6.58 Å². The zero-order valence-corrected chi connectivity index (χ0v) is 9.95. The SMILES string of the molecule is C=CCCC(=C)Nc1cccc2ccccc12. The molecule has 0 atom stereocenters. The van der Waals surface area contributed by atoms with Gasteiger partial charge in [0.2, 0.25) is 0 Å². The van der Waals surface area contributed by atoms with Crippen LogP contribution in [-0.2, 0) is 0 Å². The number of benzene rings is 2. The van der Waals surface area contributed by atoms with Gasteiger partial charge in [0, 0.05) is 16.8 Å². The Morgan fingerprint density at radius 2 is 1.88 bits per heavy atom. The van der Waals surface area contributed by atoms with E-state index in [9.17, 15) is 0 Å². The van der Waals surface area contributed by atoms with Crippen LogP contribution >= 0.6 is 0 Å². The molecule has 0 fully saturated rings. The first-order chi connectivity index (χ1) is 8.31. The van der Waals surface area contributed by atoms with Gasteiger partial charge in [-0.25, -0.2) is 0 Å². The summed E-state index contributed by atoms with van der Waals surface area (Å²) in [6.07, 6.45) is 3.79. The molecule has 0 heterocycles. The number of nitrogens with one attached hydrogen (secondary N) is 1. The minimum atomic E-state index is 0.923. The topological polar surface area (TPSA) is 12.0 Å². The molecular formula is C16H17N. The van der Waals surface area contributed by atoms with Crippen molar-refractivity contribution < 1.29 is 0 Å². The first-order valence-corrected chi connectivity index (χ1v) is 5.84. The van der Waals surface area contributed by atoms with Gasteiger partial charge in [-0.1, -0.05) is 49.1 Å². The van der Waals surface area contributed by atoms with Crippen molar-refractivity contribution in [2.75, 3.05) is 5.32 Å². The Morgan fingerprint density at radius 3 is 2.71 bits per heavy atom. The molecule has 2 aromatic rings. The lowest BCUT2D eigenvalue weighted by Gasteiger charge is -2.11. The van der Waals surface area contributed by atoms with Gasteiger partial charge < -0.3 is 5.32 Å². The highest BCUT2D eigenvalue weighted by atomic mass is 14.9. The van der Waals surface area contributed by atoms with E-state index in [2.05, 4.69) is 60.9 Å². The van der Waals surface area contributed by atoms with Crippen molar-refractivity contribution in [2.45, 2.75) is 12.8 Å². The lowest BCUT2D eigenvalue weighted by atomic mass is 10.1. The summed E-state index contributed by atoms with van der Waals surface area (Å²) >= 11 is 0. The zero-order valence-electron chi connectivity index (χ0n) is 9.95. The molecule has 0 aliphatic carbocycles. The molecule has 2 rings (SSSR count). The van der Waals surface area contributed by atoms with Gasteiger partial charge in [0.25, 0.3) is 0 Å². The lowest BCUT2D eigenvalue weighted by molar-refractivity contribution is 0.992. The van der Waals surface area contributed by atoms with E-state index in [1.807, 2.05) is 6.08 Å². The highest BCUT2D eigenvalue weighted by Gasteiger charge is 2.00. The molecule has 0 bridgehead atoms. The molecule has 0 aliphatic heterocycles. The fourth-order valence-electron chi connectivity index (χ4n) is 1.86. The van der Waals surface area contributed by atoms with Crippen LogP contribution in [0.4, 0.5) is 5.69 Å². The largest absolute Gasteiger partial charge is 0.359 e. The molecule has 86 valence electrons. The molecule has 0 unspecified atom stereocenters. The van der Waals surface area contributed by atoms with E-state index >= 15 is 0 Å². The van der Waals surface area contributed by atoms with Gasteiger partial charge in [0.1, 0.15) is 0 Å². The molecule has 0 saturated heterocycles. The van der Waals surface area contributed by atoms with Crippen molar-refractivity contribution in [3.63, 3.8) is 0 Å². The van der Waals surface area contributed by atoms with Crippen LogP contribution in [0.5, 0.6) is 0 Å². The predicted octanol–water partition coefficient (Wildman–Crippen LogP) is 4.73. The standard InChI is InChI=1S/C16H17N/c1-3-4-8-13(2)17-16-12-7-10-14-9-5-6-11-15(14)16/h3,5-7,9-12,17H,1-2,4,8H2. The van der Waals surface area contributed by atoms with E-state index in [0.717, 1.165) is 24.2 Å². The van der Waals surface area contributed by atoms with Crippen molar-refractivity contribution in [1.29, 1.82) is 0 Å². The molecule has 0 radical (unpaired) electrons. The molecule has 1 heteroatoms. The number of allylic oxidation sites excluding steroid dienone is 2. The molecule has 2 aromatic carbocycles. The third kappa shape index (κ3) is 2.76. The number of anilines is 1. The Labute approximate surface area is 102 Å². The Hall–Kier alpha value is -2.02. The zero-order chi connectivity index (χ0) is 12.1. The second-order valence-corrected chi connectivity index (χ2v) is 4.08. The molecular weight excluding hydrogens is 206 g/mol. The van der Waals surface area contributed by atoms with Gasteiger partial charge in [-0.2, -0.15) is 0 Å². The van der Waals surface area contributed by atoms with Gasteiger partial charge in [0.15, 0.2) is 0 Å². The first-order valence-electron chi connectivity index (χ1n) is 5.84. The van der Waals surface area contributed by atoms with E-state index < -0.39 is 0 Å². The maximum Gasteiger partial charge on any atom is 0.0461 e.